The smallest absolute Gasteiger partial charge is 0.119 e. The molecule has 0 aliphatic rings. The summed E-state index contributed by atoms with van der Waals surface area (Å²) in [6.07, 6.45) is 3.41. The van der Waals surface area contributed by atoms with Crippen LogP contribution in [-0.2, 0) is 0 Å². The van der Waals surface area contributed by atoms with E-state index in [1.807, 2.05) is 0 Å². The molecule has 0 aliphatic carbocycles. The van der Waals surface area contributed by atoms with Crippen molar-refractivity contribution < 1.29 is 4.74 Å². The van der Waals surface area contributed by atoms with Crippen LogP contribution in [0.25, 0.3) is 0 Å². The van der Waals surface area contributed by atoms with Gasteiger partial charge in [-0.05, 0) is 56.3 Å². The molecule has 2 heteroatoms. The maximum absolute atomic E-state index is 5.75. The first kappa shape index (κ1) is 16.0. The van der Waals surface area contributed by atoms with Crippen molar-refractivity contribution in [1.82, 2.24) is 5.32 Å². The molecule has 1 N–H and O–H groups in total. The number of rotatable bonds is 9. The van der Waals surface area contributed by atoms with Crippen LogP contribution >= 0.6 is 0 Å². The van der Waals surface area contributed by atoms with Crippen LogP contribution in [0.3, 0.4) is 0 Å². The standard InChI is InChI=1S/C17H29NO/c1-5-14(3)16-8-10-17(11-9-16)19-13-7-12-18-15(4)6-2/h8-11,14-15,18H,5-7,12-13H2,1-4H3/t14-,15-/m0/s1. The van der Waals surface area contributed by atoms with E-state index in [0.29, 0.717) is 12.0 Å². The van der Waals surface area contributed by atoms with Gasteiger partial charge in [-0.2, -0.15) is 0 Å². The van der Waals surface area contributed by atoms with Crippen molar-refractivity contribution >= 4 is 0 Å². The van der Waals surface area contributed by atoms with Crippen molar-refractivity contribution in [3.63, 3.8) is 0 Å². The van der Waals surface area contributed by atoms with Crippen molar-refractivity contribution in [1.29, 1.82) is 0 Å². The Kier molecular flexibility index (Phi) is 7.57. The summed E-state index contributed by atoms with van der Waals surface area (Å²) in [6, 6.07) is 9.14. The van der Waals surface area contributed by atoms with Gasteiger partial charge in [-0.1, -0.05) is 32.9 Å². The Hall–Kier alpha value is -1.02. The van der Waals surface area contributed by atoms with Gasteiger partial charge in [-0.3, -0.25) is 0 Å². The van der Waals surface area contributed by atoms with E-state index in [1.54, 1.807) is 0 Å². The average Bonchev–Trinajstić information content (AvgIpc) is 2.46. The lowest BCUT2D eigenvalue weighted by Crippen LogP contribution is -2.27. The lowest BCUT2D eigenvalue weighted by Gasteiger charge is -2.12. The van der Waals surface area contributed by atoms with Gasteiger partial charge in [0.1, 0.15) is 5.75 Å². The molecule has 19 heavy (non-hydrogen) atoms. The maximum atomic E-state index is 5.75. The Morgan fingerprint density at radius 2 is 1.74 bits per heavy atom. The minimum absolute atomic E-state index is 0.606. The molecule has 0 aromatic heterocycles. The summed E-state index contributed by atoms with van der Waals surface area (Å²) in [5.41, 5.74) is 1.40. The van der Waals surface area contributed by atoms with E-state index in [0.717, 1.165) is 25.3 Å². The zero-order chi connectivity index (χ0) is 14.1. The third-order valence-electron chi connectivity index (χ3n) is 3.76. The predicted octanol–water partition coefficient (Wildman–Crippen LogP) is 4.36. The number of hydrogen-bond acceptors (Lipinski definition) is 2. The second-order valence-corrected chi connectivity index (χ2v) is 5.34. The summed E-state index contributed by atoms with van der Waals surface area (Å²) in [7, 11) is 0. The van der Waals surface area contributed by atoms with Gasteiger partial charge in [-0.15, -0.1) is 0 Å². The molecular weight excluding hydrogens is 234 g/mol. The van der Waals surface area contributed by atoms with Gasteiger partial charge in [0.25, 0.3) is 0 Å². The zero-order valence-electron chi connectivity index (χ0n) is 12.9. The van der Waals surface area contributed by atoms with Crippen molar-refractivity contribution in [3.8, 4) is 5.75 Å². The first-order chi connectivity index (χ1) is 9.17. The minimum Gasteiger partial charge on any atom is -0.494 e. The molecule has 0 unspecified atom stereocenters. The number of ether oxygens (including phenoxy) is 1. The largest absolute Gasteiger partial charge is 0.494 e. The molecule has 1 aromatic carbocycles. The van der Waals surface area contributed by atoms with Crippen LogP contribution < -0.4 is 10.1 Å². The first-order valence-corrected chi connectivity index (χ1v) is 7.63. The van der Waals surface area contributed by atoms with Crippen LogP contribution in [0.2, 0.25) is 0 Å². The molecule has 0 aliphatic heterocycles. The predicted molar refractivity (Wildman–Crippen MR) is 83.0 cm³/mol. The van der Waals surface area contributed by atoms with Crippen LogP contribution in [0.1, 0.15) is 58.4 Å². The summed E-state index contributed by atoms with van der Waals surface area (Å²) in [4.78, 5) is 0. The third-order valence-corrected chi connectivity index (χ3v) is 3.76. The Morgan fingerprint density at radius 1 is 1.05 bits per heavy atom. The van der Waals surface area contributed by atoms with E-state index in [2.05, 4.69) is 57.3 Å². The molecule has 0 saturated heterocycles. The van der Waals surface area contributed by atoms with Crippen molar-refractivity contribution in [2.45, 2.75) is 58.9 Å². The number of benzene rings is 1. The molecule has 0 heterocycles. The lowest BCUT2D eigenvalue weighted by atomic mass is 9.99. The van der Waals surface area contributed by atoms with Crippen LogP contribution in [-0.4, -0.2) is 19.2 Å². The van der Waals surface area contributed by atoms with E-state index in [-0.39, 0.29) is 0 Å². The minimum atomic E-state index is 0.606. The second kappa shape index (κ2) is 8.98. The first-order valence-electron chi connectivity index (χ1n) is 7.63. The molecule has 108 valence electrons. The van der Waals surface area contributed by atoms with E-state index in [4.69, 9.17) is 4.74 Å². The van der Waals surface area contributed by atoms with Gasteiger partial charge in [0.15, 0.2) is 0 Å². The lowest BCUT2D eigenvalue weighted by molar-refractivity contribution is 0.305. The molecule has 0 fully saturated rings. The molecule has 0 amide bonds. The van der Waals surface area contributed by atoms with Gasteiger partial charge in [-0.25, -0.2) is 0 Å². The van der Waals surface area contributed by atoms with Crippen molar-refractivity contribution in [2.75, 3.05) is 13.2 Å². The van der Waals surface area contributed by atoms with E-state index in [9.17, 15) is 0 Å². The van der Waals surface area contributed by atoms with E-state index < -0.39 is 0 Å². The van der Waals surface area contributed by atoms with Gasteiger partial charge in [0, 0.05) is 6.04 Å². The van der Waals surface area contributed by atoms with Crippen LogP contribution in [0.4, 0.5) is 0 Å². The molecule has 2 nitrogen and oxygen atoms in total. The summed E-state index contributed by atoms with van der Waals surface area (Å²) >= 11 is 0. The fraction of sp³-hybridized carbons (Fsp3) is 0.647. The van der Waals surface area contributed by atoms with Crippen LogP contribution in [0.15, 0.2) is 24.3 Å². The Morgan fingerprint density at radius 3 is 2.32 bits per heavy atom. The number of nitrogens with one attached hydrogen (secondary N) is 1. The molecule has 0 radical (unpaired) electrons. The van der Waals surface area contributed by atoms with Gasteiger partial charge in [0.05, 0.1) is 6.61 Å². The normalized spacial score (nSPS) is 14.1. The highest BCUT2D eigenvalue weighted by atomic mass is 16.5. The van der Waals surface area contributed by atoms with Crippen LogP contribution in [0.5, 0.6) is 5.75 Å². The second-order valence-electron chi connectivity index (χ2n) is 5.34. The monoisotopic (exact) mass is 263 g/mol. The fourth-order valence-electron chi connectivity index (χ4n) is 1.88. The molecule has 0 bridgehead atoms. The summed E-state index contributed by atoms with van der Waals surface area (Å²) < 4.78 is 5.75. The van der Waals surface area contributed by atoms with E-state index >= 15 is 0 Å². The highest BCUT2D eigenvalue weighted by Gasteiger charge is 2.02. The van der Waals surface area contributed by atoms with E-state index in [1.165, 1.54) is 18.4 Å². The van der Waals surface area contributed by atoms with Crippen molar-refractivity contribution in [2.24, 2.45) is 0 Å². The number of hydrogen-bond donors (Lipinski definition) is 1. The molecule has 0 saturated carbocycles. The summed E-state index contributed by atoms with van der Waals surface area (Å²) in [6.45, 7) is 10.7. The summed E-state index contributed by atoms with van der Waals surface area (Å²) in [5, 5.41) is 3.47. The zero-order valence-corrected chi connectivity index (χ0v) is 12.9. The van der Waals surface area contributed by atoms with Gasteiger partial charge < -0.3 is 10.1 Å². The Labute approximate surface area is 118 Å². The highest BCUT2D eigenvalue weighted by molar-refractivity contribution is 5.29. The highest BCUT2D eigenvalue weighted by Crippen LogP contribution is 2.21. The topological polar surface area (TPSA) is 21.3 Å². The SMILES string of the molecule is CC[C@H](C)NCCCOc1ccc([C@@H](C)CC)cc1. The van der Waals surface area contributed by atoms with Gasteiger partial charge >= 0.3 is 0 Å². The quantitative estimate of drug-likeness (QED) is 0.668. The molecular formula is C17H29NO. The van der Waals surface area contributed by atoms with Crippen molar-refractivity contribution in [3.05, 3.63) is 29.8 Å². The molecule has 0 spiro atoms. The maximum Gasteiger partial charge on any atom is 0.119 e. The molecule has 1 aromatic rings. The van der Waals surface area contributed by atoms with Gasteiger partial charge in [0.2, 0.25) is 0 Å². The molecule has 1 rings (SSSR count). The molecule has 2 atom stereocenters. The summed E-state index contributed by atoms with van der Waals surface area (Å²) in [5.74, 6) is 1.62. The van der Waals surface area contributed by atoms with Crippen LogP contribution in [0, 0.1) is 0 Å². The fourth-order valence-corrected chi connectivity index (χ4v) is 1.88. The average molecular weight is 263 g/mol. The Balaban J connectivity index is 2.23. The third kappa shape index (κ3) is 6.11. The Bertz CT molecular complexity index is 334.